The maximum atomic E-state index is 5.26. The van der Waals surface area contributed by atoms with Crippen LogP contribution in [-0.2, 0) is 6.42 Å². The first kappa shape index (κ1) is 10.9. The monoisotopic (exact) mass is 197 g/mol. The van der Waals surface area contributed by atoms with Crippen molar-refractivity contribution in [2.45, 2.75) is 6.42 Å². The third kappa shape index (κ3) is 2.64. The van der Waals surface area contributed by atoms with Crippen LogP contribution in [0.5, 0.6) is 11.5 Å². The molecule has 3 heteroatoms. The molecule has 0 aromatic heterocycles. The Morgan fingerprint density at radius 2 is 2.07 bits per heavy atom. The van der Waals surface area contributed by atoms with E-state index in [-0.39, 0.29) is 1.43 Å². The molecule has 1 rings (SSSR count). The minimum Gasteiger partial charge on any atom is -0.497 e. The van der Waals surface area contributed by atoms with E-state index in [1.54, 1.807) is 14.2 Å². The Morgan fingerprint density at radius 1 is 1.29 bits per heavy atom. The van der Waals surface area contributed by atoms with E-state index in [0.717, 1.165) is 24.5 Å². The molecular weight excluding hydrogens is 178 g/mol. The fourth-order valence-corrected chi connectivity index (χ4v) is 1.34. The van der Waals surface area contributed by atoms with E-state index in [1.165, 1.54) is 5.56 Å². The smallest absolute Gasteiger partial charge is 0.122 e. The Labute approximate surface area is 86.5 Å². The standard InChI is InChI=1S/C11H17NO2.H2/c1-12-7-6-9-8-10(13-2)4-5-11(9)14-3;/h4-5,8,12H,6-7H2,1-3H3;1H. The van der Waals surface area contributed by atoms with Crippen molar-refractivity contribution in [3.8, 4) is 11.5 Å². The number of methoxy groups -OCH3 is 2. The van der Waals surface area contributed by atoms with Gasteiger partial charge in [0.15, 0.2) is 0 Å². The lowest BCUT2D eigenvalue weighted by Crippen LogP contribution is -2.11. The van der Waals surface area contributed by atoms with Gasteiger partial charge in [-0.15, -0.1) is 0 Å². The highest BCUT2D eigenvalue weighted by molar-refractivity contribution is 5.40. The maximum Gasteiger partial charge on any atom is 0.122 e. The molecule has 14 heavy (non-hydrogen) atoms. The van der Waals surface area contributed by atoms with Crippen LogP contribution in [-0.4, -0.2) is 27.8 Å². The minimum atomic E-state index is 0. The second-order valence-electron chi connectivity index (χ2n) is 3.03. The highest BCUT2D eigenvalue weighted by Crippen LogP contribution is 2.23. The molecule has 1 aromatic carbocycles. The number of likely N-dealkylation sites (N-methyl/N-ethyl adjacent to an activating group) is 1. The molecule has 0 unspecified atom stereocenters. The molecule has 0 amide bonds. The first-order valence-corrected chi connectivity index (χ1v) is 4.67. The Hall–Kier alpha value is -1.22. The van der Waals surface area contributed by atoms with Gasteiger partial charge in [0.2, 0.25) is 0 Å². The zero-order chi connectivity index (χ0) is 10.4. The third-order valence-electron chi connectivity index (χ3n) is 2.13. The molecule has 0 radical (unpaired) electrons. The molecular formula is C11H19NO2. The van der Waals surface area contributed by atoms with Gasteiger partial charge < -0.3 is 14.8 Å². The molecule has 0 aliphatic rings. The molecule has 0 spiro atoms. The van der Waals surface area contributed by atoms with Crippen molar-refractivity contribution in [3.63, 3.8) is 0 Å². The summed E-state index contributed by atoms with van der Waals surface area (Å²) in [6, 6.07) is 5.85. The quantitative estimate of drug-likeness (QED) is 0.779. The van der Waals surface area contributed by atoms with Gasteiger partial charge in [0, 0.05) is 1.43 Å². The molecule has 0 heterocycles. The molecule has 80 valence electrons. The van der Waals surface area contributed by atoms with Crippen LogP contribution in [0.1, 0.15) is 6.99 Å². The molecule has 0 aliphatic heterocycles. The second-order valence-corrected chi connectivity index (χ2v) is 3.03. The average Bonchev–Trinajstić information content (AvgIpc) is 2.25. The third-order valence-corrected chi connectivity index (χ3v) is 2.13. The summed E-state index contributed by atoms with van der Waals surface area (Å²) < 4.78 is 10.4. The first-order valence-electron chi connectivity index (χ1n) is 4.67. The molecule has 0 atom stereocenters. The number of hydrogen-bond donors (Lipinski definition) is 1. The highest BCUT2D eigenvalue weighted by atomic mass is 16.5. The number of nitrogens with one attached hydrogen (secondary N) is 1. The summed E-state index contributed by atoms with van der Waals surface area (Å²) in [4.78, 5) is 0. The summed E-state index contributed by atoms with van der Waals surface area (Å²) in [6.07, 6.45) is 0.941. The van der Waals surface area contributed by atoms with Crippen LogP contribution in [0.25, 0.3) is 0 Å². The van der Waals surface area contributed by atoms with Gasteiger partial charge in [-0.1, -0.05) is 0 Å². The molecule has 0 saturated carbocycles. The fourth-order valence-electron chi connectivity index (χ4n) is 1.34. The van der Waals surface area contributed by atoms with Gasteiger partial charge in [-0.25, -0.2) is 0 Å². The molecule has 1 aromatic rings. The predicted molar refractivity (Wildman–Crippen MR) is 59.3 cm³/mol. The zero-order valence-electron chi connectivity index (χ0n) is 8.96. The van der Waals surface area contributed by atoms with Crippen molar-refractivity contribution in [2.75, 3.05) is 27.8 Å². The van der Waals surface area contributed by atoms with Gasteiger partial charge in [-0.3, -0.25) is 0 Å². The normalized spacial score (nSPS) is 9.93. The Bertz CT molecular complexity index is 292. The predicted octanol–water partition coefficient (Wildman–Crippen LogP) is 1.71. The van der Waals surface area contributed by atoms with Gasteiger partial charge in [0.05, 0.1) is 14.2 Å². The molecule has 0 bridgehead atoms. The van der Waals surface area contributed by atoms with Gasteiger partial charge >= 0.3 is 0 Å². The van der Waals surface area contributed by atoms with Crippen LogP contribution in [0.2, 0.25) is 0 Å². The van der Waals surface area contributed by atoms with Crippen LogP contribution in [0.3, 0.4) is 0 Å². The topological polar surface area (TPSA) is 30.5 Å². The number of benzene rings is 1. The molecule has 3 nitrogen and oxygen atoms in total. The van der Waals surface area contributed by atoms with Crippen molar-refractivity contribution in [2.24, 2.45) is 0 Å². The second kappa shape index (κ2) is 5.50. The first-order chi connectivity index (χ1) is 6.81. The van der Waals surface area contributed by atoms with E-state index in [9.17, 15) is 0 Å². The van der Waals surface area contributed by atoms with E-state index >= 15 is 0 Å². The van der Waals surface area contributed by atoms with Crippen LogP contribution in [0, 0.1) is 0 Å². The van der Waals surface area contributed by atoms with Crippen molar-refractivity contribution in [1.29, 1.82) is 0 Å². The number of rotatable bonds is 5. The van der Waals surface area contributed by atoms with E-state index < -0.39 is 0 Å². The number of ether oxygens (including phenoxy) is 2. The SMILES string of the molecule is CNCCc1cc(OC)ccc1OC.[HH]. The van der Waals surface area contributed by atoms with Crippen LogP contribution in [0.15, 0.2) is 18.2 Å². The minimum absolute atomic E-state index is 0. The lowest BCUT2D eigenvalue weighted by Gasteiger charge is -2.09. The van der Waals surface area contributed by atoms with Gasteiger partial charge in [0.1, 0.15) is 11.5 Å². The van der Waals surface area contributed by atoms with E-state index in [2.05, 4.69) is 5.32 Å². The summed E-state index contributed by atoms with van der Waals surface area (Å²) in [5, 5.41) is 3.11. The summed E-state index contributed by atoms with van der Waals surface area (Å²) in [7, 11) is 5.29. The van der Waals surface area contributed by atoms with Crippen molar-refractivity contribution < 1.29 is 10.9 Å². The zero-order valence-corrected chi connectivity index (χ0v) is 8.96. The van der Waals surface area contributed by atoms with Gasteiger partial charge in [0.25, 0.3) is 0 Å². The molecule has 0 aliphatic carbocycles. The van der Waals surface area contributed by atoms with E-state index in [1.807, 2.05) is 25.2 Å². The molecule has 0 saturated heterocycles. The van der Waals surface area contributed by atoms with E-state index in [0.29, 0.717) is 0 Å². The van der Waals surface area contributed by atoms with Crippen molar-refractivity contribution in [3.05, 3.63) is 23.8 Å². The van der Waals surface area contributed by atoms with Crippen molar-refractivity contribution >= 4 is 0 Å². The average molecular weight is 197 g/mol. The number of hydrogen-bond acceptors (Lipinski definition) is 3. The van der Waals surface area contributed by atoms with Gasteiger partial charge in [-0.2, -0.15) is 0 Å². The Balaban J connectivity index is 0.00000196. The lowest BCUT2D eigenvalue weighted by atomic mass is 10.1. The van der Waals surface area contributed by atoms with Crippen LogP contribution in [0.4, 0.5) is 0 Å². The summed E-state index contributed by atoms with van der Waals surface area (Å²) in [5.74, 6) is 1.79. The summed E-state index contributed by atoms with van der Waals surface area (Å²) in [6.45, 7) is 0.934. The largest absolute Gasteiger partial charge is 0.497 e. The fraction of sp³-hybridized carbons (Fsp3) is 0.455. The molecule has 1 N–H and O–H groups in total. The Morgan fingerprint density at radius 3 is 2.64 bits per heavy atom. The van der Waals surface area contributed by atoms with E-state index in [4.69, 9.17) is 9.47 Å². The van der Waals surface area contributed by atoms with Gasteiger partial charge in [-0.05, 0) is 43.8 Å². The van der Waals surface area contributed by atoms with Crippen LogP contribution >= 0.6 is 0 Å². The summed E-state index contributed by atoms with van der Waals surface area (Å²) >= 11 is 0. The highest BCUT2D eigenvalue weighted by Gasteiger charge is 2.03. The Kier molecular flexibility index (Phi) is 4.26. The molecule has 0 fully saturated rings. The maximum absolute atomic E-state index is 5.26. The van der Waals surface area contributed by atoms with Crippen LogP contribution < -0.4 is 14.8 Å². The van der Waals surface area contributed by atoms with Crippen molar-refractivity contribution in [1.82, 2.24) is 5.32 Å². The summed E-state index contributed by atoms with van der Waals surface area (Å²) in [5.41, 5.74) is 1.17. The lowest BCUT2D eigenvalue weighted by molar-refractivity contribution is 0.398.